The number of carbonyl (C=O) groups excluding carboxylic acids is 1. The van der Waals surface area contributed by atoms with Crippen molar-refractivity contribution in [2.75, 3.05) is 12.4 Å². The number of esters is 1. The lowest BCUT2D eigenvalue weighted by Crippen LogP contribution is -2.52. The van der Waals surface area contributed by atoms with Gasteiger partial charge in [-0.15, -0.1) is 12.4 Å². The van der Waals surface area contributed by atoms with Crippen LogP contribution in [0.5, 0.6) is 5.75 Å². The van der Waals surface area contributed by atoms with Crippen molar-refractivity contribution < 1.29 is 14.6 Å². The van der Waals surface area contributed by atoms with Crippen molar-refractivity contribution in [1.82, 2.24) is 0 Å². The smallest absolute Gasteiger partial charge is 0.306 e. The molecule has 23 heavy (non-hydrogen) atoms. The molecule has 0 aliphatic heterocycles. The molecule has 1 aromatic rings. The van der Waals surface area contributed by atoms with E-state index in [-0.39, 0.29) is 40.8 Å². The first kappa shape index (κ1) is 20.1. The van der Waals surface area contributed by atoms with E-state index in [0.717, 1.165) is 17.7 Å². The highest BCUT2D eigenvalue weighted by Gasteiger charge is 2.40. The molecule has 6 heteroatoms. The van der Waals surface area contributed by atoms with Crippen molar-refractivity contribution in [2.45, 2.75) is 50.3 Å². The normalized spacial score (nSPS) is 21.9. The van der Waals surface area contributed by atoms with Gasteiger partial charge in [0.1, 0.15) is 5.75 Å². The molecule has 0 saturated heterocycles. The third-order valence-electron chi connectivity index (χ3n) is 4.39. The maximum absolute atomic E-state index is 11.4. The van der Waals surface area contributed by atoms with E-state index in [1.54, 1.807) is 17.8 Å². The van der Waals surface area contributed by atoms with Gasteiger partial charge in [0.25, 0.3) is 0 Å². The number of thioether (sulfide) groups is 1. The fourth-order valence-electron chi connectivity index (χ4n) is 3.02. The Labute approximate surface area is 148 Å². The molecule has 0 amide bonds. The molecule has 0 aromatic heterocycles. The van der Waals surface area contributed by atoms with E-state index >= 15 is 0 Å². The monoisotopic (exact) mass is 359 g/mol. The van der Waals surface area contributed by atoms with Crippen molar-refractivity contribution in [3.05, 3.63) is 29.3 Å². The van der Waals surface area contributed by atoms with Crippen LogP contribution in [0, 0.1) is 0 Å². The summed E-state index contributed by atoms with van der Waals surface area (Å²) < 4.78 is 4.96. The van der Waals surface area contributed by atoms with Crippen LogP contribution >= 0.6 is 24.2 Å². The van der Waals surface area contributed by atoms with Crippen LogP contribution in [0.4, 0.5) is 0 Å². The van der Waals surface area contributed by atoms with Gasteiger partial charge in [-0.3, -0.25) is 4.79 Å². The zero-order chi connectivity index (χ0) is 16.3. The zero-order valence-corrected chi connectivity index (χ0v) is 15.5. The molecule has 4 nitrogen and oxygen atoms in total. The number of hydrogen-bond acceptors (Lipinski definition) is 5. The van der Waals surface area contributed by atoms with E-state index in [1.807, 2.05) is 19.1 Å². The molecular formula is C17H26ClNO3S. The minimum Gasteiger partial charge on any atom is -0.508 e. The van der Waals surface area contributed by atoms with Crippen LogP contribution in [0.25, 0.3) is 0 Å². The second-order valence-electron chi connectivity index (χ2n) is 6.26. The number of halogens is 1. The number of benzene rings is 1. The Kier molecular flexibility index (Phi) is 7.24. The van der Waals surface area contributed by atoms with Gasteiger partial charge in [0.2, 0.25) is 0 Å². The Balaban J connectivity index is 0.00000264. The third kappa shape index (κ3) is 4.55. The van der Waals surface area contributed by atoms with Crippen molar-refractivity contribution in [2.24, 2.45) is 5.73 Å². The third-order valence-corrected chi connectivity index (χ3v) is 5.71. The van der Waals surface area contributed by atoms with Gasteiger partial charge in [-0.1, -0.05) is 19.9 Å². The molecule has 0 saturated carbocycles. The van der Waals surface area contributed by atoms with Gasteiger partial charge in [0.15, 0.2) is 0 Å². The first-order chi connectivity index (χ1) is 10.4. The number of fused-ring (bicyclic) bond motifs is 1. The molecule has 1 aromatic carbocycles. The summed E-state index contributed by atoms with van der Waals surface area (Å²) >= 11 is 1.74. The van der Waals surface area contributed by atoms with E-state index in [0.29, 0.717) is 13.0 Å². The molecule has 1 aliphatic rings. The van der Waals surface area contributed by atoms with Crippen LogP contribution in [0.15, 0.2) is 18.2 Å². The summed E-state index contributed by atoms with van der Waals surface area (Å²) in [7, 11) is 0. The lowest BCUT2D eigenvalue weighted by Gasteiger charge is -2.43. The van der Waals surface area contributed by atoms with Gasteiger partial charge in [-0.05, 0) is 36.6 Å². The molecule has 0 spiro atoms. The summed E-state index contributed by atoms with van der Waals surface area (Å²) in [4.78, 5) is 11.4. The van der Waals surface area contributed by atoms with Gasteiger partial charge >= 0.3 is 5.97 Å². The van der Waals surface area contributed by atoms with Gasteiger partial charge in [0.05, 0.1) is 13.0 Å². The van der Waals surface area contributed by atoms with Crippen LogP contribution < -0.4 is 5.73 Å². The Morgan fingerprint density at radius 3 is 2.83 bits per heavy atom. The molecule has 0 heterocycles. The minimum atomic E-state index is -0.200. The lowest BCUT2D eigenvalue weighted by atomic mass is 9.69. The largest absolute Gasteiger partial charge is 0.508 e. The number of nitrogens with two attached hydrogens (primary N) is 1. The zero-order valence-electron chi connectivity index (χ0n) is 13.9. The second kappa shape index (κ2) is 8.27. The average molecular weight is 360 g/mol. The Morgan fingerprint density at radius 2 is 2.17 bits per heavy atom. The van der Waals surface area contributed by atoms with E-state index in [4.69, 9.17) is 10.5 Å². The molecule has 2 rings (SSSR count). The maximum atomic E-state index is 11.4. The van der Waals surface area contributed by atoms with Crippen LogP contribution in [0.3, 0.4) is 0 Å². The van der Waals surface area contributed by atoms with Crippen molar-refractivity contribution in [3.63, 3.8) is 0 Å². The summed E-state index contributed by atoms with van der Waals surface area (Å²) in [6, 6.07) is 5.52. The molecule has 130 valence electrons. The van der Waals surface area contributed by atoms with Crippen LogP contribution in [0.1, 0.15) is 38.3 Å². The number of phenolic OH excluding ortho intramolecular Hbond substituents is 1. The average Bonchev–Trinajstić information content (AvgIpc) is 2.46. The molecule has 0 fully saturated rings. The molecule has 0 radical (unpaired) electrons. The number of rotatable bonds is 5. The molecule has 0 unspecified atom stereocenters. The molecule has 1 aliphatic carbocycles. The van der Waals surface area contributed by atoms with E-state index < -0.39 is 0 Å². The quantitative estimate of drug-likeness (QED) is 0.790. The van der Waals surface area contributed by atoms with Crippen LogP contribution in [-0.2, 0) is 21.4 Å². The summed E-state index contributed by atoms with van der Waals surface area (Å²) in [5.41, 5.74) is 8.64. The van der Waals surface area contributed by atoms with Crippen molar-refractivity contribution in [1.29, 1.82) is 0 Å². The molecule has 3 N–H and O–H groups in total. The predicted octanol–water partition coefficient (Wildman–Crippen LogP) is 3.03. The van der Waals surface area contributed by atoms with Gasteiger partial charge in [-0.2, -0.15) is 11.8 Å². The number of hydrogen-bond donors (Lipinski definition) is 2. The lowest BCUT2D eigenvalue weighted by molar-refractivity contribution is -0.142. The number of aromatic hydroxyl groups is 1. The van der Waals surface area contributed by atoms with Crippen molar-refractivity contribution in [3.8, 4) is 5.75 Å². The first-order valence-corrected chi connectivity index (χ1v) is 8.76. The predicted molar refractivity (Wildman–Crippen MR) is 97.6 cm³/mol. The SMILES string of the molecule is CCOC(=O)CCS[C@H]1Cc2ccc(O)cc2C(C)(C)[C@@H]1N.Cl. The fourth-order valence-corrected chi connectivity index (χ4v) is 4.45. The maximum Gasteiger partial charge on any atom is 0.306 e. The highest BCUT2D eigenvalue weighted by Crippen LogP contribution is 2.41. The standard InChI is InChI=1S/C17H25NO3S.ClH/c1-4-21-15(20)7-8-22-14-9-11-5-6-12(19)10-13(11)17(2,3)16(14)18;/h5-6,10,14,16,19H,4,7-9,18H2,1-3H3;1H/t14-,16+;/m0./s1. The number of carbonyl (C=O) groups is 1. The molecule has 0 bridgehead atoms. The Bertz CT molecular complexity index is 551. The fraction of sp³-hybridized carbons (Fsp3) is 0.588. The van der Waals surface area contributed by atoms with E-state index in [1.165, 1.54) is 5.56 Å². The Morgan fingerprint density at radius 1 is 1.48 bits per heavy atom. The summed E-state index contributed by atoms with van der Waals surface area (Å²) in [6.07, 6.45) is 1.29. The van der Waals surface area contributed by atoms with Crippen LogP contribution in [0.2, 0.25) is 0 Å². The van der Waals surface area contributed by atoms with Crippen molar-refractivity contribution >= 4 is 30.1 Å². The Hall–Kier alpha value is -0.910. The first-order valence-electron chi connectivity index (χ1n) is 7.71. The van der Waals surface area contributed by atoms with Gasteiger partial charge in [-0.25, -0.2) is 0 Å². The second-order valence-corrected chi connectivity index (χ2v) is 7.60. The number of ether oxygens (including phenoxy) is 1. The van der Waals surface area contributed by atoms with E-state index in [2.05, 4.69) is 13.8 Å². The van der Waals surface area contributed by atoms with Crippen LogP contribution in [-0.4, -0.2) is 34.7 Å². The molecule has 2 atom stereocenters. The highest BCUT2D eigenvalue weighted by atomic mass is 35.5. The minimum absolute atomic E-state index is 0. The summed E-state index contributed by atoms with van der Waals surface area (Å²) in [5, 5.41) is 9.99. The summed E-state index contributed by atoms with van der Waals surface area (Å²) in [5.74, 6) is 0.858. The van der Waals surface area contributed by atoms with E-state index in [9.17, 15) is 9.90 Å². The molecular weight excluding hydrogens is 334 g/mol. The summed E-state index contributed by atoms with van der Waals surface area (Å²) in [6.45, 7) is 6.48. The number of phenols is 1. The highest BCUT2D eigenvalue weighted by molar-refractivity contribution is 8.00. The van der Waals surface area contributed by atoms with Gasteiger partial charge in [0, 0.05) is 22.5 Å². The van der Waals surface area contributed by atoms with Gasteiger partial charge < -0.3 is 15.6 Å². The topological polar surface area (TPSA) is 72.5 Å².